The summed E-state index contributed by atoms with van der Waals surface area (Å²) in [5, 5.41) is 22.0. The average Bonchev–Trinajstić information content (AvgIpc) is 3.03. The minimum Gasteiger partial charge on any atom is -0.329 e. The third-order valence-electron chi connectivity index (χ3n) is 3.60. The molecule has 0 unspecified atom stereocenters. The number of aromatic nitrogens is 7. The summed E-state index contributed by atoms with van der Waals surface area (Å²) in [5.41, 5.74) is 6.26. The van der Waals surface area contributed by atoms with Crippen LogP contribution in [0.25, 0.3) is 15.7 Å². The third-order valence-corrected chi connectivity index (χ3v) is 4.52. The van der Waals surface area contributed by atoms with Crippen LogP contribution in [-0.2, 0) is 6.54 Å². The minimum absolute atomic E-state index is 0.507. The van der Waals surface area contributed by atoms with E-state index < -0.39 is 0 Å². The molecule has 0 amide bonds. The molecular formula is C11H14N8S. The first-order valence-electron chi connectivity index (χ1n) is 6.68. The molecule has 1 fully saturated rings. The Labute approximate surface area is 118 Å². The van der Waals surface area contributed by atoms with Crippen molar-refractivity contribution < 1.29 is 0 Å². The Kier molecular flexibility index (Phi) is 2.74. The number of rotatable bonds is 4. The molecule has 1 aliphatic carbocycles. The summed E-state index contributed by atoms with van der Waals surface area (Å²) in [7, 11) is 0. The zero-order valence-corrected chi connectivity index (χ0v) is 11.6. The molecule has 0 atom stereocenters. The van der Waals surface area contributed by atoms with Gasteiger partial charge in [0.05, 0.1) is 12.7 Å². The standard InChI is InChI=1S/C11H14N8S/c12-4-5-18-6-8(13-17-18)10-16-19-9(7-2-1-3-7)14-15-11(19)20-10/h6-7H,1-5,12H2. The molecule has 0 spiro atoms. The van der Waals surface area contributed by atoms with E-state index >= 15 is 0 Å². The van der Waals surface area contributed by atoms with E-state index in [2.05, 4.69) is 25.6 Å². The first kappa shape index (κ1) is 11.9. The van der Waals surface area contributed by atoms with E-state index in [0.29, 0.717) is 19.0 Å². The fourth-order valence-corrected chi connectivity index (χ4v) is 3.09. The highest BCUT2D eigenvalue weighted by Gasteiger charge is 2.26. The number of fused-ring (bicyclic) bond motifs is 1. The lowest BCUT2D eigenvalue weighted by Gasteiger charge is -2.22. The average molecular weight is 290 g/mol. The van der Waals surface area contributed by atoms with Gasteiger partial charge in [-0.1, -0.05) is 23.0 Å². The van der Waals surface area contributed by atoms with Crippen LogP contribution >= 0.6 is 11.3 Å². The molecule has 9 heteroatoms. The molecule has 8 nitrogen and oxygen atoms in total. The largest absolute Gasteiger partial charge is 0.329 e. The van der Waals surface area contributed by atoms with Gasteiger partial charge in [-0.25, -0.2) is 0 Å². The van der Waals surface area contributed by atoms with Crippen LogP contribution in [0.5, 0.6) is 0 Å². The van der Waals surface area contributed by atoms with Crippen LogP contribution in [0.4, 0.5) is 0 Å². The van der Waals surface area contributed by atoms with E-state index in [1.165, 1.54) is 30.6 Å². The van der Waals surface area contributed by atoms with Crippen molar-refractivity contribution in [2.24, 2.45) is 5.73 Å². The fourth-order valence-electron chi connectivity index (χ4n) is 2.29. The molecule has 1 saturated carbocycles. The van der Waals surface area contributed by atoms with E-state index in [4.69, 9.17) is 5.73 Å². The molecule has 20 heavy (non-hydrogen) atoms. The van der Waals surface area contributed by atoms with Gasteiger partial charge in [0.2, 0.25) is 4.96 Å². The van der Waals surface area contributed by atoms with Gasteiger partial charge in [-0.2, -0.15) is 9.61 Å². The molecule has 2 N–H and O–H groups in total. The van der Waals surface area contributed by atoms with E-state index in [-0.39, 0.29) is 0 Å². The molecule has 4 rings (SSSR count). The van der Waals surface area contributed by atoms with Crippen molar-refractivity contribution in [2.45, 2.75) is 31.7 Å². The Hall–Kier alpha value is -1.87. The predicted octanol–water partition coefficient (Wildman–Crippen LogP) is 0.670. The molecule has 104 valence electrons. The third kappa shape index (κ3) is 1.81. The van der Waals surface area contributed by atoms with Crippen molar-refractivity contribution in [1.82, 2.24) is 34.8 Å². The SMILES string of the molecule is NCCn1cc(-c2nn3c(C4CCC4)nnc3s2)nn1. The van der Waals surface area contributed by atoms with Gasteiger partial charge in [0, 0.05) is 12.5 Å². The first-order valence-corrected chi connectivity index (χ1v) is 7.49. The van der Waals surface area contributed by atoms with E-state index in [1.807, 2.05) is 10.7 Å². The number of nitrogens with zero attached hydrogens (tertiary/aromatic N) is 7. The summed E-state index contributed by atoms with van der Waals surface area (Å²) in [6.45, 7) is 1.20. The summed E-state index contributed by atoms with van der Waals surface area (Å²) >= 11 is 1.49. The Morgan fingerprint density at radius 2 is 2.20 bits per heavy atom. The fraction of sp³-hybridized carbons (Fsp3) is 0.545. The van der Waals surface area contributed by atoms with Crippen molar-refractivity contribution in [3.8, 4) is 10.7 Å². The number of hydrogen-bond donors (Lipinski definition) is 1. The van der Waals surface area contributed by atoms with Crippen molar-refractivity contribution in [3.63, 3.8) is 0 Å². The van der Waals surface area contributed by atoms with E-state index in [1.54, 1.807) is 4.68 Å². The van der Waals surface area contributed by atoms with Gasteiger partial charge in [-0.05, 0) is 12.8 Å². The van der Waals surface area contributed by atoms with Crippen LogP contribution in [0.15, 0.2) is 6.20 Å². The highest BCUT2D eigenvalue weighted by atomic mass is 32.1. The molecule has 0 radical (unpaired) electrons. The Morgan fingerprint density at radius 3 is 2.95 bits per heavy atom. The molecule has 3 aromatic rings. The minimum atomic E-state index is 0.507. The monoisotopic (exact) mass is 290 g/mol. The zero-order valence-electron chi connectivity index (χ0n) is 10.8. The van der Waals surface area contributed by atoms with Gasteiger partial charge in [-0.15, -0.1) is 15.3 Å². The molecule has 0 aromatic carbocycles. The Bertz CT molecular complexity index is 737. The zero-order chi connectivity index (χ0) is 13.5. The second kappa shape index (κ2) is 4.60. The predicted molar refractivity (Wildman–Crippen MR) is 73.3 cm³/mol. The molecule has 0 aliphatic heterocycles. The second-order valence-corrected chi connectivity index (χ2v) is 5.90. The number of hydrogen-bond acceptors (Lipinski definition) is 7. The van der Waals surface area contributed by atoms with Crippen molar-refractivity contribution in [3.05, 3.63) is 12.0 Å². The quantitative estimate of drug-likeness (QED) is 0.758. The molecule has 3 heterocycles. The molecule has 0 saturated heterocycles. The summed E-state index contributed by atoms with van der Waals surface area (Å²) in [6, 6.07) is 0. The molecule has 1 aliphatic rings. The maximum atomic E-state index is 5.50. The van der Waals surface area contributed by atoms with Gasteiger partial charge in [0.1, 0.15) is 5.69 Å². The molecule has 0 bridgehead atoms. The lowest BCUT2D eigenvalue weighted by molar-refractivity contribution is 0.395. The summed E-state index contributed by atoms with van der Waals surface area (Å²) in [6.07, 6.45) is 5.49. The van der Waals surface area contributed by atoms with Crippen molar-refractivity contribution in [2.75, 3.05) is 6.54 Å². The highest BCUT2D eigenvalue weighted by Crippen LogP contribution is 2.36. The summed E-state index contributed by atoms with van der Waals surface area (Å²) in [4.78, 5) is 0.815. The lowest BCUT2D eigenvalue weighted by atomic mass is 9.85. The topological polar surface area (TPSA) is 99.8 Å². The molecule has 3 aromatic heterocycles. The van der Waals surface area contributed by atoms with Gasteiger partial charge in [-0.3, -0.25) is 4.68 Å². The Morgan fingerprint density at radius 1 is 1.30 bits per heavy atom. The summed E-state index contributed by atoms with van der Waals surface area (Å²) in [5.74, 6) is 1.48. The maximum absolute atomic E-state index is 5.50. The highest BCUT2D eigenvalue weighted by molar-refractivity contribution is 7.19. The first-order chi connectivity index (χ1) is 9.85. The van der Waals surface area contributed by atoms with Gasteiger partial charge >= 0.3 is 0 Å². The Balaban J connectivity index is 1.70. The van der Waals surface area contributed by atoms with Gasteiger partial charge < -0.3 is 5.73 Å². The molecular weight excluding hydrogens is 276 g/mol. The van der Waals surface area contributed by atoms with Crippen LogP contribution < -0.4 is 5.73 Å². The normalized spacial score (nSPS) is 15.8. The van der Waals surface area contributed by atoms with E-state index in [9.17, 15) is 0 Å². The van der Waals surface area contributed by atoms with Crippen LogP contribution in [0.2, 0.25) is 0 Å². The summed E-state index contributed by atoms with van der Waals surface area (Å²) < 4.78 is 3.58. The van der Waals surface area contributed by atoms with Gasteiger partial charge in [0.25, 0.3) is 0 Å². The van der Waals surface area contributed by atoms with Crippen LogP contribution in [0.1, 0.15) is 31.0 Å². The van der Waals surface area contributed by atoms with Crippen molar-refractivity contribution in [1.29, 1.82) is 0 Å². The smallest absolute Gasteiger partial charge is 0.235 e. The van der Waals surface area contributed by atoms with E-state index in [0.717, 1.165) is 21.5 Å². The van der Waals surface area contributed by atoms with Crippen LogP contribution in [0, 0.1) is 0 Å². The van der Waals surface area contributed by atoms with Crippen LogP contribution in [0.3, 0.4) is 0 Å². The van der Waals surface area contributed by atoms with Gasteiger partial charge in [0.15, 0.2) is 10.8 Å². The maximum Gasteiger partial charge on any atom is 0.235 e. The number of nitrogens with two attached hydrogens (primary N) is 1. The second-order valence-electron chi connectivity index (χ2n) is 4.94. The lowest BCUT2D eigenvalue weighted by Crippen LogP contribution is -2.13. The van der Waals surface area contributed by atoms with Crippen LogP contribution in [-0.4, -0.2) is 41.4 Å². The van der Waals surface area contributed by atoms with Crippen molar-refractivity contribution >= 4 is 16.3 Å².